The molecule has 2 atom stereocenters. The van der Waals surface area contributed by atoms with Gasteiger partial charge in [-0.15, -0.1) is 0 Å². The molecule has 1 aromatic rings. The van der Waals surface area contributed by atoms with E-state index in [0.29, 0.717) is 12.5 Å². The van der Waals surface area contributed by atoms with Crippen LogP contribution >= 0.6 is 0 Å². The zero-order valence-corrected chi connectivity index (χ0v) is 12.8. The summed E-state index contributed by atoms with van der Waals surface area (Å²) >= 11 is 0. The monoisotopic (exact) mass is 275 g/mol. The summed E-state index contributed by atoms with van der Waals surface area (Å²) in [5.74, 6) is 0.784. The third-order valence-corrected chi connectivity index (χ3v) is 4.33. The number of piperidine rings is 1. The van der Waals surface area contributed by atoms with Crippen molar-refractivity contribution in [3.05, 3.63) is 35.4 Å². The van der Waals surface area contributed by atoms with Crippen molar-refractivity contribution < 1.29 is 9.53 Å². The van der Waals surface area contributed by atoms with E-state index in [9.17, 15) is 4.79 Å². The van der Waals surface area contributed by atoms with Gasteiger partial charge in [-0.1, -0.05) is 38.1 Å². The molecule has 1 aromatic carbocycles. The number of nitrogens with zero attached hydrogens (tertiary/aromatic N) is 1. The van der Waals surface area contributed by atoms with E-state index in [4.69, 9.17) is 4.74 Å². The fourth-order valence-electron chi connectivity index (χ4n) is 2.77. The van der Waals surface area contributed by atoms with E-state index in [1.54, 1.807) is 7.11 Å². The first-order valence-corrected chi connectivity index (χ1v) is 7.51. The largest absolute Gasteiger partial charge is 0.380 e. The third kappa shape index (κ3) is 3.68. The first kappa shape index (κ1) is 15.2. The summed E-state index contributed by atoms with van der Waals surface area (Å²) in [7, 11) is 1.76. The van der Waals surface area contributed by atoms with E-state index < -0.39 is 0 Å². The molecule has 0 bridgehead atoms. The SMILES string of the molecule is CCc1ccc(C(=O)CN2CCC(C)C(OC)C2)cc1. The number of methoxy groups -OCH3 is 1. The highest BCUT2D eigenvalue weighted by Gasteiger charge is 2.27. The first-order chi connectivity index (χ1) is 9.63. The van der Waals surface area contributed by atoms with Crippen LogP contribution in [0.1, 0.15) is 36.2 Å². The van der Waals surface area contributed by atoms with E-state index in [-0.39, 0.29) is 11.9 Å². The molecule has 3 nitrogen and oxygen atoms in total. The Morgan fingerprint density at radius 1 is 1.35 bits per heavy atom. The van der Waals surface area contributed by atoms with Crippen LogP contribution in [0.25, 0.3) is 0 Å². The fraction of sp³-hybridized carbons (Fsp3) is 0.588. The highest BCUT2D eigenvalue weighted by Crippen LogP contribution is 2.19. The topological polar surface area (TPSA) is 29.5 Å². The second-order valence-electron chi connectivity index (χ2n) is 5.75. The average molecular weight is 275 g/mol. The Labute approximate surface area is 121 Å². The summed E-state index contributed by atoms with van der Waals surface area (Å²) in [5, 5.41) is 0. The quantitative estimate of drug-likeness (QED) is 0.774. The zero-order chi connectivity index (χ0) is 14.5. The van der Waals surface area contributed by atoms with Crippen LogP contribution in [-0.4, -0.2) is 43.5 Å². The molecule has 0 saturated carbocycles. The lowest BCUT2D eigenvalue weighted by molar-refractivity contribution is -0.00324. The Hall–Kier alpha value is -1.19. The van der Waals surface area contributed by atoms with Gasteiger partial charge in [-0.3, -0.25) is 9.69 Å². The molecule has 0 amide bonds. The number of ether oxygens (including phenoxy) is 1. The molecule has 110 valence electrons. The zero-order valence-electron chi connectivity index (χ0n) is 12.8. The number of aryl methyl sites for hydroxylation is 1. The van der Waals surface area contributed by atoms with Gasteiger partial charge in [0, 0.05) is 19.2 Å². The van der Waals surface area contributed by atoms with Gasteiger partial charge < -0.3 is 4.74 Å². The Balaban J connectivity index is 1.93. The van der Waals surface area contributed by atoms with Crippen LogP contribution in [0, 0.1) is 5.92 Å². The number of rotatable bonds is 5. The average Bonchev–Trinajstić information content (AvgIpc) is 2.49. The van der Waals surface area contributed by atoms with Crippen molar-refractivity contribution in [2.24, 2.45) is 5.92 Å². The van der Waals surface area contributed by atoms with Gasteiger partial charge in [-0.25, -0.2) is 0 Å². The number of carbonyl (C=O) groups is 1. The lowest BCUT2D eigenvalue weighted by atomic mass is 9.95. The Bertz CT molecular complexity index is 441. The second-order valence-corrected chi connectivity index (χ2v) is 5.75. The summed E-state index contributed by atoms with van der Waals surface area (Å²) in [5.41, 5.74) is 2.09. The minimum absolute atomic E-state index is 0.206. The van der Waals surface area contributed by atoms with Gasteiger partial charge in [-0.05, 0) is 30.9 Å². The maximum absolute atomic E-state index is 12.3. The Kier molecular flexibility index (Phi) is 5.32. The Morgan fingerprint density at radius 3 is 2.65 bits per heavy atom. The van der Waals surface area contributed by atoms with Gasteiger partial charge in [0.15, 0.2) is 5.78 Å². The summed E-state index contributed by atoms with van der Waals surface area (Å²) in [6.45, 7) is 6.68. The number of ketones is 1. The number of likely N-dealkylation sites (tertiary alicyclic amines) is 1. The summed E-state index contributed by atoms with van der Waals surface area (Å²) in [4.78, 5) is 14.5. The van der Waals surface area contributed by atoms with Gasteiger partial charge in [0.05, 0.1) is 12.6 Å². The van der Waals surface area contributed by atoms with Crippen LogP contribution in [0.3, 0.4) is 0 Å². The minimum atomic E-state index is 0.206. The third-order valence-electron chi connectivity index (χ3n) is 4.33. The molecule has 20 heavy (non-hydrogen) atoms. The van der Waals surface area contributed by atoms with Crippen molar-refractivity contribution in [3.63, 3.8) is 0 Å². The van der Waals surface area contributed by atoms with Crippen molar-refractivity contribution in [1.82, 2.24) is 4.90 Å². The van der Waals surface area contributed by atoms with Crippen molar-refractivity contribution in [3.8, 4) is 0 Å². The number of hydrogen-bond donors (Lipinski definition) is 0. The lowest BCUT2D eigenvalue weighted by Gasteiger charge is -2.35. The van der Waals surface area contributed by atoms with E-state index >= 15 is 0 Å². The molecule has 2 rings (SSSR count). The van der Waals surface area contributed by atoms with Crippen LogP contribution in [0.15, 0.2) is 24.3 Å². The molecule has 2 unspecified atom stereocenters. The van der Waals surface area contributed by atoms with E-state index in [1.807, 2.05) is 24.3 Å². The first-order valence-electron chi connectivity index (χ1n) is 7.51. The fourth-order valence-corrected chi connectivity index (χ4v) is 2.77. The highest BCUT2D eigenvalue weighted by molar-refractivity contribution is 5.97. The smallest absolute Gasteiger partial charge is 0.176 e. The van der Waals surface area contributed by atoms with Crippen molar-refractivity contribution >= 4 is 5.78 Å². The molecule has 0 N–H and O–H groups in total. The summed E-state index contributed by atoms with van der Waals surface area (Å²) in [6.07, 6.45) is 2.35. The maximum atomic E-state index is 12.3. The molecular formula is C17H25NO2. The molecule has 1 saturated heterocycles. The van der Waals surface area contributed by atoms with Crippen LogP contribution in [-0.2, 0) is 11.2 Å². The van der Waals surface area contributed by atoms with Crippen molar-refractivity contribution in [2.75, 3.05) is 26.7 Å². The summed E-state index contributed by atoms with van der Waals surface area (Å²) in [6, 6.07) is 7.98. The molecule has 0 radical (unpaired) electrons. The van der Waals surface area contributed by atoms with E-state index in [1.165, 1.54) is 5.56 Å². The normalized spacial score (nSPS) is 23.8. The molecule has 0 aliphatic carbocycles. The Morgan fingerprint density at radius 2 is 2.05 bits per heavy atom. The molecule has 1 fully saturated rings. The van der Waals surface area contributed by atoms with Gasteiger partial charge in [0.25, 0.3) is 0 Å². The standard InChI is InChI=1S/C17H25NO2/c1-4-14-5-7-15(8-6-14)16(19)11-18-10-9-13(2)17(12-18)20-3/h5-8,13,17H,4,9-12H2,1-3H3. The van der Waals surface area contributed by atoms with Crippen molar-refractivity contribution in [1.29, 1.82) is 0 Å². The predicted octanol–water partition coefficient (Wildman–Crippen LogP) is 2.79. The maximum Gasteiger partial charge on any atom is 0.176 e. The van der Waals surface area contributed by atoms with Crippen LogP contribution < -0.4 is 0 Å². The highest BCUT2D eigenvalue weighted by atomic mass is 16.5. The number of carbonyl (C=O) groups excluding carboxylic acids is 1. The van der Waals surface area contributed by atoms with Gasteiger partial charge in [0.1, 0.15) is 0 Å². The number of hydrogen-bond acceptors (Lipinski definition) is 3. The van der Waals surface area contributed by atoms with Crippen LogP contribution in [0.2, 0.25) is 0 Å². The minimum Gasteiger partial charge on any atom is -0.380 e. The summed E-state index contributed by atoms with van der Waals surface area (Å²) < 4.78 is 5.50. The number of Topliss-reactive ketones (excluding diaryl/α,β-unsaturated/α-hetero) is 1. The molecule has 3 heteroatoms. The van der Waals surface area contributed by atoms with E-state index in [2.05, 4.69) is 18.7 Å². The van der Waals surface area contributed by atoms with Crippen LogP contribution in [0.5, 0.6) is 0 Å². The lowest BCUT2D eigenvalue weighted by Crippen LogP contribution is -2.45. The number of benzene rings is 1. The van der Waals surface area contributed by atoms with Crippen molar-refractivity contribution in [2.45, 2.75) is 32.8 Å². The van der Waals surface area contributed by atoms with E-state index in [0.717, 1.165) is 31.5 Å². The van der Waals surface area contributed by atoms with Gasteiger partial charge >= 0.3 is 0 Å². The molecule has 0 aromatic heterocycles. The predicted molar refractivity (Wildman–Crippen MR) is 81.2 cm³/mol. The second kappa shape index (κ2) is 7.00. The molecule has 0 spiro atoms. The molecule has 1 heterocycles. The van der Waals surface area contributed by atoms with Gasteiger partial charge in [0.2, 0.25) is 0 Å². The molecular weight excluding hydrogens is 250 g/mol. The van der Waals surface area contributed by atoms with Crippen LogP contribution in [0.4, 0.5) is 0 Å². The van der Waals surface area contributed by atoms with Gasteiger partial charge in [-0.2, -0.15) is 0 Å². The molecule has 1 aliphatic rings. The molecule has 1 aliphatic heterocycles.